The molecule has 1 aliphatic heterocycles. The fraction of sp³-hybridized carbons (Fsp3) is 0.423. The van der Waals surface area contributed by atoms with E-state index in [-0.39, 0.29) is 18.4 Å². The van der Waals surface area contributed by atoms with Crippen molar-refractivity contribution in [2.24, 2.45) is 0 Å². The van der Waals surface area contributed by atoms with Gasteiger partial charge in [0, 0.05) is 10.7 Å². The molecule has 0 aromatic heterocycles. The number of methoxy groups -OCH3 is 1. The van der Waals surface area contributed by atoms with E-state index in [1.165, 1.54) is 23.8 Å². The molecule has 0 bridgehead atoms. The van der Waals surface area contributed by atoms with Crippen LogP contribution in [0.4, 0.5) is 4.79 Å². The van der Waals surface area contributed by atoms with Crippen LogP contribution in [0, 0.1) is 0 Å². The third kappa shape index (κ3) is 4.39. The number of thioether (sulfide) groups is 1. The van der Waals surface area contributed by atoms with Gasteiger partial charge in [0.2, 0.25) is 5.91 Å². The van der Waals surface area contributed by atoms with Gasteiger partial charge in [0.15, 0.2) is 0 Å². The molecule has 34 heavy (non-hydrogen) atoms. The Bertz CT molecular complexity index is 1060. The van der Waals surface area contributed by atoms with Crippen LogP contribution >= 0.6 is 11.8 Å². The average molecular weight is 483 g/mol. The number of carbonyl (C=O) groups is 3. The van der Waals surface area contributed by atoms with Crippen molar-refractivity contribution in [2.45, 2.75) is 49.9 Å². The molecule has 180 valence electrons. The van der Waals surface area contributed by atoms with E-state index >= 15 is 0 Å². The van der Waals surface area contributed by atoms with Crippen LogP contribution in [0.3, 0.4) is 0 Å². The zero-order chi connectivity index (χ0) is 24.5. The van der Waals surface area contributed by atoms with E-state index < -0.39 is 28.9 Å². The zero-order valence-corrected chi connectivity index (χ0v) is 20.7. The van der Waals surface area contributed by atoms with Crippen molar-refractivity contribution in [3.63, 3.8) is 0 Å². The minimum atomic E-state index is -0.771. The summed E-state index contributed by atoms with van der Waals surface area (Å²) in [5.74, 6) is -0.625. The van der Waals surface area contributed by atoms with Crippen molar-refractivity contribution in [2.75, 3.05) is 19.6 Å². The number of hydrogen-bond acceptors (Lipinski definition) is 6. The summed E-state index contributed by atoms with van der Waals surface area (Å²) in [4.78, 5) is 39.8. The van der Waals surface area contributed by atoms with Gasteiger partial charge in [-0.25, -0.2) is 9.59 Å². The zero-order valence-electron chi connectivity index (χ0n) is 19.9. The Morgan fingerprint density at radius 2 is 1.68 bits per heavy atom. The molecule has 0 spiro atoms. The summed E-state index contributed by atoms with van der Waals surface area (Å²) in [6.45, 7) is 5.80. The first-order valence-corrected chi connectivity index (χ1v) is 12.4. The predicted molar refractivity (Wildman–Crippen MR) is 131 cm³/mol. The standard InChI is InChI=1S/C26H30N2O5S/c1-5-21(24(30)32-4)27-23(29)22-26(2,3)34-15-28(22)25(31)33-14-20-18-12-8-6-10-16(18)17-11-7-9-13-19(17)20/h6-13,20-22H,5,14-15H2,1-4H3,(H,27,29). The third-order valence-electron chi connectivity index (χ3n) is 6.58. The van der Waals surface area contributed by atoms with Crippen molar-refractivity contribution in [1.82, 2.24) is 10.2 Å². The molecular weight excluding hydrogens is 452 g/mol. The number of fused-ring (bicyclic) bond motifs is 3. The lowest BCUT2D eigenvalue weighted by molar-refractivity contribution is -0.145. The van der Waals surface area contributed by atoms with Crippen LogP contribution in [-0.2, 0) is 19.1 Å². The van der Waals surface area contributed by atoms with Gasteiger partial charge in [0.25, 0.3) is 0 Å². The first-order valence-electron chi connectivity index (χ1n) is 11.4. The second-order valence-corrected chi connectivity index (χ2v) is 10.6. The summed E-state index contributed by atoms with van der Waals surface area (Å²) >= 11 is 1.50. The number of hydrogen-bond donors (Lipinski definition) is 1. The van der Waals surface area contributed by atoms with Crippen LogP contribution in [0.1, 0.15) is 44.2 Å². The fourth-order valence-electron chi connectivity index (χ4n) is 4.78. The molecule has 0 saturated carbocycles. The minimum absolute atomic E-state index is 0.0595. The van der Waals surface area contributed by atoms with Crippen LogP contribution in [0.15, 0.2) is 48.5 Å². The van der Waals surface area contributed by atoms with Gasteiger partial charge < -0.3 is 14.8 Å². The second-order valence-electron chi connectivity index (χ2n) is 9.05. The van der Waals surface area contributed by atoms with Gasteiger partial charge >= 0.3 is 12.1 Å². The average Bonchev–Trinajstić information content (AvgIpc) is 3.34. The monoisotopic (exact) mass is 482 g/mol. The van der Waals surface area contributed by atoms with Crippen LogP contribution < -0.4 is 5.32 Å². The topological polar surface area (TPSA) is 84.9 Å². The maximum atomic E-state index is 13.2. The van der Waals surface area contributed by atoms with E-state index in [1.807, 2.05) is 38.1 Å². The summed E-state index contributed by atoms with van der Waals surface area (Å²) in [6, 6.07) is 14.8. The molecule has 7 nitrogen and oxygen atoms in total. The highest BCUT2D eigenvalue weighted by Crippen LogP contribution is 2.45. The number of nitrogens with one attached hydrogen (secondary N) is 1. The molecule has 8 heteroatoms. The maximum absolute atomic E-state index is 13.2. The third-order valence-corrected chi connectivity index (χ3v) is 7.95. The minimum Gasteiger partial charge on any atom is -0.467 e. The molecule has 2 aromatic carbocycles. The van der Waals surface area contributed by atoms with Crippen LogP contribution in [0.25, 0.3) is 11.1 Å². The van der Waals surface area contributed by atoms with Crippen molar-refractivity contribution in [3.05, 3.63) is 59.7 Å². The largest absolute Gasteiger partial charge is 0.467 e. The summed E-state index contributed by atoms with van der Waals surface area (Å²) in [7, 11) is 1.29. The van der Waals surface area contributed by atoms with E-state index in [4.69, 9.17) is 9.47 Å². The van der Waals surface area contributed by atoms with Gasteiger partial charge in [0.1, 0.15) is 18.7 Å². The summed E-state index contributed by atoms with van der Waals surface area (Å²) in [5.41, 5.74) is 4.57. The van der Waals surface area contributed by atoms with Crippen LogP contribution in [-0.4, -0.2) is 59.3 Å². The van der Waals surface area contributed by atoms with Crippen LogP contribution in [0.2, 0.25) is 0 Å². The highest BCUT2D eigenvalue weighted by atomic mass is 32.2. The highest BCUT2D eigenvalue weighted by molar-refractivity contribution is 8.00. The Morgan fingerprint density at radius 1 is 1.09 bits per heavy atom. The molecule has 1 heterocycles. The van der Waals surface area contributed by atoms with Crippen molar-refractivity contribution in [3.8, 4) is 11.1 Å². The maximum Gasteiger partial charge on any atom is 0.411 e. The van der Waals surface area contributed by atoms with Crippen molar-refractivity contribution in [1.29, 1.82) is 0 Å². The molecule has 0 radical (unpaired) electrons. The normalized spacial score (nSPS) is 19.2. The number of amides is 2. The molecule has 1 saturated heterocycles. The van der Waals surface area contributed by atoms with E-state index in [2.05, 4.69) is 29.6 Å². The van der Waals surface area contributed by atoms with Crippen molar-refractivity contribution < 1.29 is 23.9 Å². The Hall–Kier alpha value is -3.00. The molecule has 2 atom stereocenters. The molecule has 1 fully saturated rings. The predicted octanol–water partition coefficient (Wildman–Crippen LogP) is 4.16. The Morgan fingerprint density at radius 3 is 2.24 bits per heavy atom. The summed E-state index contributed by atoms with van der Waals surface area (Å²) < 4.78 is 10.0. The number of nitrogens with zero attached hydrogens (tertiary/aromatic N) is 1. The number of carbonyl (C=O) groups excluding carboxylic acids is 3. The summed E-state index contributed by atoms with van der Waals surface area (Å²) in [6.07, 6.45) is -0.143. The SMILES string of the molecule is CCC(NC(=O)C1N(C(=O)OCC2c3ccccc3-c3ccccc32)CSC1(C)C)C(=O)OC. The number of rotatable bonds is 6. The number of esters is 1. The van der Waals surface area contributed by atoms with E-state index in [1.54, 1.807) is 6.92 Å². The van der Waals surface area contributed by atoms with Gasteiger partial charge in [-0.05, 0) is 42.5 Å². The van der Waals surface area contributed by atoms with Gasteiger partial charge in [-0.3, -0.25) is 9.69 Å². The Labute approximate surface area is 204 Å². The molecular formula is C26H30N2O5S. The first kappa shape index (κ1) is 24.1. The lowest BCUT2D eigenvalue weighted by Crippen LogP contribution is -2.56. The smallest absolute Gasteiger partial charge is 0.411 e. The molecule has 2 aliphatic rings. The Balaban J connectivity index is 1.49. The summed E-state index contributed by atoms with van der Waals surface area (Å²) in [5, 5.41) is 2.75. The fourth-order valence-corrected chi connectivity index (χ4v) is 5.90. The molecule has 4 rings (SSSR count). The lowest BCUT2D eigenvalue weighted by atomic mass is 9.98. The number of ether oxygens (including phenoxy) is 2. The van der Waals surface area contributed by atoms with Gasteiger partial charge in [0.05, 0.1) is 13.0 Å². The quantitative estimate of drug-likeness (QED) is 0.623. The molecule has 1 aliphatic carbocycles. The van der Waals surface area contributed by atoms with E-state index in [9.17, 15) is 14.4 Å². The first-order chi connectivity index (χ1) is 16.3. The molecule has 2 aromatic rings. The molecule has 2 amide bonds. The van der Waals surface area contributed by atoms with Crippen molar-refractivity contribution >= 4 is 29.7 Å². The highest BCUT2D eigenvalue weighted by Gasteiger charge is 2.49. The molecule has 2 unspecified atom stereocenters. The van der Waals surface area contributed by atoms with Gasteiger partial charge in [-0.15, -0.1) is 11.8 Å². The van der Waals surface area contributed by atoms with E-state index in [0.29, 0.717) is 12.3 Å². The lowest BCUT2D eigenvalue weighted by Gasteiger charge is -2.31. The molecule has 1 N–H and O–H groups in total. The van der Waals surface area contributed by atoms with Crippen LogP contribution in [0.5, 0.6) is 0 Å². The number of benzene rings is 2. The Kier molecular flexibility index (Phi) is 6.89. The van der Waals surface area contributed by atoms with Gasteiger partial charge in [-0.2, -0.15) is 0 Å². The van der Waals surface area contributed by atoms with E-state index in [0.717, 1.165) is 22.3 Å². The second kappa shape index (κ2) is 9.70. The van der Waals surface area contributed by atoms with Gasteiger partial charge in [-0.1, -0.05) is 55.5 Å².